The van der Waals surface area contributed by atoms with Gasteiger partial charge in [0.15, 0.2) is 0 Å². The Kier molecular flexibility index (Phi) is 5.35. The molecule has 0 bridgehead atoms. The molecule has 0 radical (unpaired) electrons. The van der Waals surface area contributed by atoms with Crippen LogP contribution in [0.3, 0.4) is 0 Å². The molecule has 158 valence electrons. The van der Waals surface area contributed by atoms with Gasteiger partial charge in [0.2, 0.25) is 0 Å². The molecule has 0 amide bonds. The lowest BCUT2D eigenvalue weighted by atomic mass is 9.77. The number of nitrogens with two attached hydrogens (primary N) is 1. The van der Waals surface area contributed by atoms with E-state index in [9.17, 15) is 4.79 Å². The zero-order valence-corrected chi connectivity index (χ0v) is 18.1. The van der Waals surface area contributed by atoms with Gasteiger partial charge in [0.05, 0.1) is 11.5 Å². The fraction of sp³-hybridized carbons (Fsp3) is 0.423. The fourth-order valence-corrected chi connectivity index (χ4v) is 5.07. The molecule has 0 fully saturated rings. The molecule has 30 heavy (non-hydrogen) atoms. The molecule has 0 saturated heterocycles. The molecular weight excluding hydrogens is 374 g/mol. The SMILES string of the molecule is CCCC1(CCc2ccccc2)CC2=C(C(=O)O1)C(c1cccc(N)c1)C(C)(C)O2. The molecule has 2 aliphatic rings. The molecule has 2 aromatic rings. The Morgan fingerprint density at radius 1 is 1.03 bits per heavy atom. The highest BCUT2D eigenvalue weighted by molar-refractivity contribution is 5.93. The lowest BCUT2D eigenvalue weighted by Gasteiger charge is -2.37. The fourth-order valence-electron chi connectivity index (χ4n) is 5.07. The molecule has 0 spiro atoms. The van der Waals surface area contributed by atoms with E-state index < -0.39 is 11.2 Å². The monoisotopic (exact) mass is 405 g/mol. The van der Waals surface area contributed by atoms with Crippen molar-refractivity contribution in [3.63, 3.8) is 0 Å². The number of nitrogen functional groups attached to an aromatic ring is 1. The van der Waals surface area contributed by atoms with Crippen LogP contribution in [0.15, 0.2) is 65.9 Å². The van der Waals surface area contributed by atoms with E-state index in [-0.39, 0.29) is 11.9 Å². The Hall–Kier alpha value is -2.75. The summed E-state index contributed by atoms with van der Waals surface area (Å²) in [5.74, 6) is 0.373. The van der Waals surface area contributed by atoms with Crippen LogP contribution in [0.1, 0.15) is 63.5 Å². The van der Waals surface area contributed by atoms with E-state index in [1.807, 2.05) is 56.3 Å². The van der Waals surface area contributed by atoms with Crippen LogP contribution in [0.25, 0.3) is 0 Å². The predicted octanol–water partition coefficient (Wildman–Crippen LogP) is 5.53. The number of hydrogen-bond acceptors (Lipinski definition) is 4. The van der Waals surface area contributed by atoms with Crippen LogP contribution in [0.4, 0.5) is 5.69 Å². The smallest absolute Gasteiger partial charge is 0.338 e. The zero-order chi connectivity index (χ0) is 21.4. The van der Waals surface area contributed by atoms with E-state index in [1.165, 1.54) is 5.56 Å². The number of rotatable bonds is 6. The van der Waals surface area contributed by atoms with E-state index in [2.05, 4.69) is 19.1 Å². The van der Waals surface area contributed by atoms with Gasteiger partial charge in [-0.25, -0.2) is 4.79 Å². The normalized spacial score (nSPS) is 24.9. The summed E-state index contributed by atoms with van der Waals surface area (Å²) in [5.41, 5.74) is 8.58. The summed E-state index contributed by atoms with van der Waals surface area (Å²) in [5, 5.41) is 0. The second kappa shape index (κ2) is 7.82. The molecule has 2 aromatic carbocycles. The summed E-state index contributed by atoms with van der Waals surface area (Å²) in [4.78, 5) is 13.3. The molecule has 2 heterocycles. The van der Waals surface area contributed by atoms with Crippen molar-refractivity contribution in [3.8, 4) is 0 Å². The molecule has 4 nitrogen and oxygen atoms in total. The van der Waals surface area contributed by atoms with E-state index >= 15 is 0 Å². The number of cyclic esters (lactones) is 1. The first kappa shape index (κ1) is 20.5. The Labute approximate surface area is 179 Å². The Bertz CT molecular complexity index is 963. The molecule has 2 unspecified atom stereocenters. The van der Waals surface area contributed by atoms with Crippen molar-refractivity contribution in [1.82, 2.24) is 0 Å². The van der Waals surface area contributed by atoms with Gasteiger partial charge in [-0.1, -0.05) is 55.8 Å². The van der Waals surface area contributed by atoms with Crippen LogP contribution in [-0.4, -0.2) is 17.2 Å². The maximum atomic E-state index is 13.3. The van der Waals surface area contributed by atoms with Crippen LogP contribution in [0.5, 0.6) is 0 Å². The molecule has 2 aliphatic heterocycles. The summed E-state index contributed by atoms with van der Waals surface area (Å²) >= 11 is 0. The second-order valence-corrected chi connectivity index (χ2v) is 9.13. The summed E-state index contributed by atoms with van der Waals surface area (Å²) in [6.07, 6.45) is 4.08. The number of carbonyl (C=O) groups is 1. The van der Waals surface area contributed by atoms with Gasteiger partial charge in [-0.15, -0.1) is 0 Å². The zero-order valence-electron chi connectivity index (χ0n) is 18.1. The van der Waals surface area contributed by atoms with Crippen LogP contribution in [0.2, 0.25) is 0 Å². The summed E-state index contributed by atoms with van der Waals surface area (Å²) in [6.45, 7) is 6.22. The van der Waals surface area contributed by atoms with Gasteiger partial charge in [-0.05, 0) is 56.4 Å². The molecule has 0 aromatic heterocycles. The number of anilines is 1. The van der Waals surface area contributed by atoms with Gasteiger partial charge < -0.3 is 15.2 Å². The summed E-state index contributed by atoms with van der Waals surface area (Å²) < 4.78 is 12.6. The molecule has 4 rings (SSSR count). The first-order valence-electron chi connectivity index (χ1n) is 10.9. The van der Waals surface area contributed by atoms with E-state index in [0.717, 1.165) is 37.0 Å². The van der Waals surface area contributed by atoms with E-state index in [4.69, 9.17) is 15.2 Å². The molecule has 2 atom stereocenters. The van der Waals surface area contributed by atoms with Crippen molar-refractivity contribution < 1.29 is 14.3 Å². The lowest BCUT2D eigenvalue weighted by molar-refractivity contribution is -0.160. The molecular formula is C26H31NO3. The average Bonchev–Trinajstić information content (AvgIpc) is 2.97. The van der Waals surface area contributed by atoms with Crippen LogP contribution in [-0.2, 0) is 20.7 Å². The highest BCUT2D eigenvalue weighted by atomic mass is 16.6. The minimum absolute atomic E-state index is 0.183. The Morgan fingerprint density at radius 3 is 2.50 bits per heavy atom. The quantitative estimate of drug-likeness (QED) is 0.507. The highest BCUT2D eigenvalue weighted by Gasteiger charge is 2.53. The third kappa shape index (κ3) is 3.83. The van der Waals surface area contributed by atoms with Gasteiger partial charge >= 0.3 is 5.97 Å². The van der Waals surface area contributed by atoms with Crippen molar-refractivity contribution in [2.24, 2.45) is 0 Å². The van der Waals surface area contributed by atoms with Gasteiger partial charge in [0.1, 0.15) is 17.0 Å². The predicted molar refractivity (Wildman–Crippen MR) is 119 cm³/mol. The highest BCUT2D eigenvalue weighted by Crippen LogP contribution is 2.52. The number of carbonyl (C=O) groups excluding carboxylic acids is 1. The lowest BCUT2D eigenvalue weighted by Crippen LogP contribution is -2.40. The van der Waals surface area contributed by atoms with E-state index in [0.29, 0.717) is 17.7 Å². The third-order valence-corrected chi connectivity index (χ3v) is 6.34. The van der Waals surface area contributed by atoms with Crippen molar-refractivity contribution in [2.75, 3.05) is 5.73 Å². The maximum Gasteiger partial charge on any atom is 0.338 e. The number of ether oxygens (including phenoxy) is 2. The topological polar surface area (TPSA) is 61.5 Å². The standard InChI is InChI=1S/C26H31NO3/c1-4-14-26(15-13-18-9-6-5-7-10-18)17-21-22(24(28)30-26)23(25(2,3)29-21)19-11-8-12-20(27)16-19/h5-12,16,23H,4,13-15,17,27H2,1-3H3. The van der Waals surface area contributed by atoms with Crippen molar-refractivity contribution in [2.45, 2.75) is 70.0 Å². The van der Waals surface area contributed by atoms with Gasteiger partial charge in [0, 0.05) is 12.1 Å². The molecule has 2 N–H and O–H groups in total. The average molecular weight is 406 g/mol. The minimum atomic E-state index is -0.529. The van der Waals surface area contributed by atoms with Crippen LogP contribution >= 0.6 is 0 Å². The van der Waals surface area contributed by atoms with Crippen molar-refractivity contribution in [1.29, 1.82) is 0 Å². The van der Waals surface area contributed by atoms with Gasteiger partial charge in [-0.3, -0.25) is 0 Å². The number of esters is 1. The van der Waals surface area contributed by atoms with Crippen molar-refractivity contribution >= 4 is 11.7 Å². The summed E-state index contributed by atoms with van der Waals surface area (Å²) in [6, 6.07) is 18.1. The number of aryl methyl sites for hydroxylation is 1. The first-order chi connectivity index (χ1) is 14.3. The second-order valence-electron chi connectivity index (χ2n) is 9.13. The Balaban J connectivity index is 1.65. The third-order valence-electron chi connectivity index (χ3n) is 6.34. The number of benzene rings is 2. The minimum Gasteiger partial charge on any atom is -0.490 e. The molecule has 0 saturated carbocycles. The Morgan fingerprint density at radius 2 is 1.80 bits per heavy atom. The van der Waals surface area contributed by atoms with Gasteiger partial charge in [0.25, 0.3) is 0 Å². The number of hydrogen-bond donors (Lipinski definition) is 1. The maximum absolute atomic E-state index is 13.3. The summed E-state index contributed by atoms with van der Waals surface area (Å²) in [7, 11) is 0. The van der Waals surface area contributed by atoms with Crippen molar-refractivity contribution in [3.05, 3.63) is 77.1 Å². The molecule has 0 aliphatic carbocycles. The van der Waals surface area contributed by atoms with Crippen LogP contribution < -0.4 is 5.73 Å². The first-order valence-corrected chi connectivity index (χ1v) is 10.9. The van der Waals surface area contributed by atoms with E-state index in [1.54, 1.807) is 0 Å². The van der Waals surface area contributed by atoms with Crippen LogP contribution in [0, 0.1) is 0 Å². The van der Waals surface area contributed by atoms with Gasteiger partial charge in [-0.2, -0.15) is 0 Å². The largest absolute Gasteiger partial charge is 0.490 e. The molecule has 4 heteroatoms.